The van der Waals surface area contributed by atoms with Gasteiger partial charge in [0.05, 0.1) is 0 Å². The van der Waals surface area contributed by atoms with Crippen LogP contribution in [0, 0.1) is 24.7 Å². The summed E-state index contributed by atoms with van der Waals surface area (Å²) < 4.78 is 0. The van der Waals surface area contributed by atoms with Crippen LogP contribution in [0.4, 0.5) is 5.69 Å². The molecule has 0 aliphatic heterocycles. The lowest BCUT2D eigenvalue weighted by Crippen LogP contribution is -2.59. The fourth-order valence-corrected chi connectivity index (χ4v) is 5.59. The van der Waals surface area contributed by atoms with Crippen LogP contribution < -0.4 is 4.90 Å². The molecule has 0 amide bonds. The molecular weight excluding hydrogens is 230 g/mol. The Morgan fingerprint density at radius 2 is 1.58 bits per heavy atom. The van der Waals surface area contributed by atoms with Gasteiger partial charge in [0.25, 0.3) is 0 Å². The molecule has 0 heterocycles. The molecule has 0 radical (unpaired) electrons. The summed E-state index contributed by atoms with van der Waals surface area (Å²) in [5, 5.41) is 0. The molecule has 4 bridgehead atoms. The molecule has 1 aromatic rings. The minimum absolute atomic E-state index is 0.489. The third-order valence-electron chi connectivity index (χ3n) is 6.11. The lowest BCUT2D eigenvalue weighted by atomic mass is 9.52. The average Bonchev–Trinajstić information content (AvgIpc) is 2.36. The van der Waals surface area contributed by atoms with Crippen molar-refractivity contribution in [1.29, 1.82) is 0 Å². The second-order valence-electron chi connectivity index (χ2n) is 7.54. The Bertz CT molecular complexity index is 455. The second-order valence-corrected chi connectivity index (χ2v) is 7.54. The summed E-state index contributed by atoms with van der Waals surface area (Å²) in [5.41, 5.74) is 3.30. The van der Waals surface area contributed by atoms with Crippen LogP contribution in [0.1, 0.15) is 44.1 Å². The fourth-order valence-electron chi connectivity index (χ4n) is 5.59. The van der Waals surface area contributed by atoms with Gasteiger partial charge in [0, 0.05) is 18.3 Å². The summed E-state index contributed by atoms with van der Waals surface area (Å²) in [6.07, 6.45) is 8.93. The SMILES string of the molecule is Cc1cccc(N(C)C23CC4CC(CC(C4)C2)C3)c1. The topological polar surface area (TPSA) is 3.24 Å². The highest BCUT2D eigenvalue weighted by Crippen LogP contribution is 2.58. The van der Waals surface area contributed by atoms with E-state index in [4.69, 9.17) is 0 Å². The number of anilines is 1. The molecule has 0 saturated heterocycles. The Morgan fingerprint density at radius 3 is 2.11 bits per heavy atom. The quantitative estimate of drug-likeness (QED) is 0.757. The first-order chi connectivity index (χ1) is 9.14. The monoisotopic (exact) mass is 255 g/mol. The van der Waals surface area contributed by atoms with E-state index in [-0.39, 0.29) is 0 Å². The third-order valence-corrected chi connectivity index (χ3v) is 6.11. The standard InChI is InChI=1S/C18H25N/c1-13-4-3-5-17(6-13)19(2)18-10-14-7-15(11-18)9-16(8-14)12-18/h3-6,14-16H,7-12H2,1-2H3. The van der Waals surface area contributed by atoms with Gasteiger partial charge in [-0.3, -0.25) is 0 Å². The Morgan fingerprint density at radius 1 is 1.00 bits per heavy atom. The summed E-state index contributed by atoms with van der Waals surface area (Å²) in [4.78, 5) is 2.64. The van der Waals surface area contributed by atoms with Gasteiger partial charge < -0.3 is 4.90 Å². The van der Waals surface area contributed by atoms with Gasteiger partial charge in [-0.25, -0.2) is 0 Å². The zero-order valence-electron chi connectivity index (χ0n) is 12.2. The van der Waals surface area contributed by atoms with Crippen molar-refractivity contribution in [3.8, 4) is 0 Å². The maximum atomic E-state index is 2.64. The molecular formula is C18H25N. The molecule has 4 saturated carbocycles. The molecule has 102 valence electrons. The van der Waals surface area contributed by atoms with Crippen molar-refractivity contribution < 1.29 is 0 Å². The van der Waals surface area contributed by atoms with E-state index in [9.17, 15) is 0 Å². The van der Waals surface area contributed by atoms with Crippen molar-refractivity contribution >= 4 is 5.69 Å². The molecule has 0 N–H and O–H groups in total. The number of hydrogen-bond donors (Lipinski definition) is 0. The third kappa shape index (κ3) is 1.81. The fraction of sp³-hybridized carbons (Fsp3) is 0.667. The molecule has 19 heavy (non-hydrogen) atoms. The Kier molecular flexibility index (Phi) is 2.49. The van der Waals surface area contributed by atoms with Gasteiger partial charge in [0.2, 0.25) is 0 Å². The highest BCUT2D eigenvalue weighted by molar-refractivity contribution is 5.51. The Labute approximate surface area is 117 Å². The van der Waals surface area contributed by atoms with Gasteiger partial charge in [0.15, 0.2) is 0 Å². The predicted octanol–water partition coefficient (Wildman–Crippen LogP) is 4.40. The van der Waals surface area contributed by atoms with Gasteiger partial charge in [-0.1, -0.05) is 12.1 Å². The lowest BCUT2D eigenvalue weighted by Gasteiger charge is -2.60. The molecule has 1 aromatic carbocycles. The van der Waals surface area contributed by atoms with Crippen LogP contribution >= 0.6 is 0 Å². The summed E-state index contributed by atoms with van der Waals surface area (Å²) in [7, 11) is 2.35. The normalized spacial score (nSPS) is 39.6. The number of rotatable bonds is 2. The summed E-state index contributed by atoms with van der Waals surface area (Å²) in [5.74, 6) is 3.08. The van der Waals surface area contributed by atoms with Crippen LogP contribution in [0.15, 0.2) is 24.3 Å². The second kappa shape index (κ2) is 4.01. The van der Waals surface area contributed by atoms with Gasteiger partial charge >= 0.3 is 0 Å². The van der Waals surface area contributed by atoms with E-state index < -0.39 is 0 Å². The van der Waals surface area contributed by atoms with Gasteiger partial charge in [-0.05, 0) is 80.9 Å². The number of nitrogens with zero attached hydrogens (tertiary/aromatic N) is 1. The average molecular weight is 255 g/mol. The van der Waals surface area contributed by atoms with E-state index in [2.05, 4.69) is 43.1 Å². The summed E-state index contributed by atoms with van der Waals surface area (Å²) >= 11 is 0. The van der Waals surface area contributed by atoms with Crippen molar-refractivity contribution in [2.75, 3.05) is 11.9 Å². The van der Waals surface area contributed by atoms with Crippen molar-refractivity contribution in [1.82, 2.24) is 0 Å². The van der Waals surface area contributed by atoms with Crippen LogP contribution in [-0.2, 0) is 0 Å². The molecule has 4 fully saturated rings. The zero-order valence-corrected chi connectivity index (χ0v) is 12.2. The maximum Gasteiger partial charge on any atom is 0.0407 e. The molecule has 5 rings (SSSR count). The van der Waals surface area contributed by atoms with Crippen LogP contribution in [-0.4, -0.2) is 12.6 Å². The highest BCUT2D eigenvalue weighted by atomic mass is 15.2. The molecule has 0 spiro atoms. The summed E-state index contributed by atoms with van der Waals surface area (Å²) in [6.45, 7) is 2.21. The van der Waals surface area contributed by atoms with Gasteiger partial charge in [-0.2, -0.15) is 0 Å². The summed E-state index contributed by atoms with van der Waals surface area (Å²) in [6, 6.07) is 9.07. The number of hydrogen-bond acceptors (Lipinski definition) is 1. The first-order valence-corrected chi connectivity index (χ1v) is 7.95. The maximum absolute atomic E-state index is 2.64. The molecule has 4 aliphatic carbocycles. The van der Waals surface area contributed by atoms with E-state index >= 15 is 0 Å². The van der Waals surface area contributed by atoms with Gasteiger partial charge in [-0.15, -0.1) is 0 Å². The van der Waals surface area contributed by atoms with Crippen LogP contribution in [0.25, 0.3) is 0 Å². The molecule has 0 unspecified atom stereocenters. The van der Waals surface area contributed by atoms with Crippen LogP contribution in [0.3, 0.4) is 0 Å². The molecule has 1 heteroatoms. The molecule has 1 nitrogen and oxygen atoms in total. The Balaban J connectivity index is 1.68. The van der Waals surface area contributed by atoms with E-state index in [0.29, 0.717) is 5.54 Å². The van der Waals surface area contributed by atoms with E-state index in [1.54, 1.807) is 0 Å². The first kappa shape index (κ1) is 11.8. The minimum Gasteiger partial charge on any atom is -0.369 e. The van der Waals surface area contributed by atoms with E-state index in [0.717, 1.165) is 17.8 Å². The zero-order chi connectivity index (χ0) is 13.0. The van der Waals surface area contributed by atoms with Crippen molar-refractivity contribution in [2.45, 2.75) is 51.0 Å². The largest absolute Gasteiger partial charge is 0.369 e. The van der Waals surface area contributed by atoms with E-state index in [1.807, 2.05) is 0 Å². The molecule has 4 aliphatic rings. The minimum atomic E-state index is 0.489. The predicted molar refractivity (Wildman–Crippen MR) is 80.5 cm³/mol. The smallest absolute Gasteiger partial charge is 0.0407 e. The number of benzene rings is 1. The van der Waals surface area contributed by atoms with Crippen molar-refractivity contribution in [3.05, 3.63) is 29.8 Å². The first-order valence-electron chi connectivity index (χ1n) is 7.95. The highest BCUT2D eigenvalue weighted by Gasteiger charge is 2.52. The van der Waals surface area contributed by atoms with Crippen molar-refractivity contribution in [3.63, 3.8) is 0 Å². The molecule has 0 atom stereocenters. The van der Waals surface area contributed by atoms with Gasteiger partial charge in [0.1, 0.15) is 0 Å². The number of aryl methyl sites for hydroxylation is 1. The lowest BCUT2D eigenvalue weighted by molar-refractivity contribution is -0.00200. The van der Waals surface area contributed by atoms with Crippen LogP contribution in [0.5, 0.6) is 0 Å². The van der Waals surface area contributed by atoms with Crippen molar-refractivity contribution in [2.24, 2.45) is 17.8 Å². The van der Waals surface area contributed by atoms with Crippen LogP contribution in [0.2, 0.25) is 0 Å². The van der Waals surface area contributed by atoms with E-state index in [1.165, 1.54) is 49.8 Å². The molecule has 0 aromatic heterocycles. The Hall–Kier alpha value is -0.980.